The van der Waals surface area contributed by atoms with Crippen LogP contribution in [0.4, 0.5) is 0 Å². The predicted octanol–water partition coefficient (Wildman–Crippen LogP) is -3.36. The fraction of sp³-hybridized carbons (Fsp3) is 0.628. The minimum atomic E-state index is -1.35. The van der Waals surface area contributed by atoms with Gasteiger partial charge in [0.05, 0.1) is 0 Å². The van der Waals surface area contributed by atoms with E-state index in [-0.39, 0.29) is 94.7 Å². The fourth-order valence-electron chi connectivity index (χ4n) is 7.29. The standard InChI is InChI=1S/C43H73N15O9/c1-5-9-29(36(62)56-32(22-26-14-16-27(60)17-15-26)38(64)57-33(23-44)39(65)53-28(35(45)61)18-13-24(2)3)54-37(63)30(10-6-19-50-42(46)47)55-40(66)34-12-8-21-58(34)41(67)31(52-25(4)59)11-7-20-51-43(48)49/h14-17,24,28-34,60H,5-13,18-23,44H2,1-4H3,(H2,45,61)(H,52,59)(H,53,65)(H,54,63)(H,55,66)(H,56,62)(H,57,64)(H4,46,47,50)(H4,48,49,51)/t28-,29-,30-,31-,32-,33-,34-/m0/s1. The molecule has 1 aliphatic rings. The van der Waals surface area contributed by atoms with E-state index in [1.165, 1.54) is 36.1 Å². The lowest BCUT2D eigenvalue weighted by Crippen LogP contribution is -2.61. The molecule has 1 aromatic rings. The average molecular weight is 944 g/mol. The van der Waals surface area contributed by atoms with Gasteiger partial charge in [-0.25, -0.2) is 0 Å². The van der Waals surface area contributed by atoms with Gasteiger partial charge in [0.1, 0.15) is 48.0 Å². The van der Waals surface area contributed by atoms with Gasteiger partial charge >= 0.3 is 0 Å². The van der Waals surface area contributed by atoms with E-state index in [0.717, 1.165) is 0 Å². The van der Waals surface area contributed by atoms with Crippen molar-refractivity contribution in [2.45, 2.75) is 141 Å². The van der Waals surface area contributed by atoms with E-state index >= 15 is 0 Å². The summed E-state index contributed by atoms with van der Waals surface area (Å²) in [6, 6.07) is -2.30. The van der Waals surface area contributed by atoms with Crippen molar-refractivity contribution in [1.29, 1.82) is 0 Å². The molecule has 67 heavy (non-hydrogen) atoms. The predicted molar refractivity (Wildman–Crippen MR) is 251 cm³/mol. The van der Waals surface area contributed by atoms with Crippen LogP contribution in [0.15, 0.2) is 34.3 Å². The molecule has 8 amide bonds. The maximum atomic E-state index is 14.1. The normalized spacial score (nSPS) is 15.9. The number of phenols is 1. The number of amides is 8. The number of hydrogen-bond acceptors (Lipinski definition) is 12. The molecule has 0 aromatic heterocycles. The highest BCUT2D eigenvalue weighted by Gasteiger charge is 2.39. The lowest BCUT2D eigenvalue weighted by molar-refractivity contribution is -0.142. The lowest BCUT2D eigenvalue weighted by Gasteiger charge is -2.30. The highest BCUT2D eigenvalue weighted by Crippen LogP contribution is 2.21. The molecule has 1 aromatic carbocycles. The zero-order valence-corrected chi connectivity index (χ0v) is 39.1. The van der Waals surface area contributed by atoms with Crippen molar-refractivity contribution in [1.82, 2.24) is 36.8 Å². The third-order valence-electron chi connectivity index (χ3n) is 10.8. The monoisotopic (exact) mass is 944 g/mol. The Morgan fingerprint density at radius 1 is 0.672 bits per heavy atom. The molecule has 19 N–H and O–H groups in total. The van der Waals surface area contributed by atoms with Gasteiger partial charge in [-0.3, -0.25) is 48.3 Å². The van der Waals surface area contributed by atoms with Crippen LogP contribution in [0.5, 0.6) is 5.75 Å². The van der Waals surface area contributed by atoms with E-state index < -0.39 is 89.6 Å². The molecule has 7 atom stereocenters. The number of primary amides is 1. The molecule has 1 aliphatic heterocycles. The summed E-state index contributed by atoms with van der Waals surface area (Å²) in [5.74, 6) is -5.59. The summed E-state index contributed by atoms with van der Waals surface area (Å²) in [6.45, 7) is 7.08. The summed E-state index contributed by atoms with van der Waals surface area (Å²) in [5, 5.41) is 25.8. The number of guanidine groups is 2. The Hall–Kier alpha value is -6.72. The van der Waals surface area contributed by atoms with Crippen LogP contribution in [0.2, 0.25) is 0 Å². The van der Waals surface area contributed by atoms with Crippen LogP contribution in [0.3, 0.4) is 0 Å². The summed E-state index contributed by atoms with van der Waals surface area (Å²) in [5.41, 5.74) is 33.8. The SMILES string of the molecule is CCC[C@H](NC(=O)[C@H](CCCN=C(N)N)NC(=O)[C@@H]1CCCN1C(=O)[C@H](CCCN=C(N)N)NC(C)=O)C(=O)N[C@@H](Cc1ccc(O)cc1)C(=O)N[C@@H](CN)C(=O)N[C@@H](CCC(C)C)C(N)=O. The van der Waals surface area contributed by atoms with Gasteiger partial charge in [0.15, 0.2) is 11.9 Å². The maximum absolute atomic E-state index is 14.1. The first-order valence-corrected chi connectivity index (χ1v) is 22.6. The molecular formula is C43H73N15O9. The van der Waals surface area contributed by atoms with Crippen molar-refractivity contribution in [3.8, 4) is 5.75 Å². The van der Waals surface area contributed by atoms with Crippen molar-refractivity contribution in [2.75, 3.05) is 26.2 Å². The summed E-state index contributed by atoms with van der Waals surface area (Å²) < 4.78 is 0. The molecule has 0 unspecified atom stereocenters. The molecule has 374 valence electrons. The first-order valence-electron chi connectivity index (χ1n) is 22.6. The van der Waals surface area contributed by atoms with Crippen LogP contribution in [0.1, 0.15) is 97.5 Å². The number of rotatable bonds is 29. The summed E-state index contributed by atoms with van der Waals surface area (Å²) in [4.78, 5) is 117. The van der Waals surface area contributed by atoms with Crippen molar-refractivity contribution >= 4 is 59.2 Å². The Balaban J connectivity index is 2.37. The second kappa shape index (κ2) is 29.0. The highest BCUT2D eigenvalue weighted by atomic mass is 16.3. The molecule has 1 saturated heterocycles. The molecular weight excluding hydrogens is 871 g/mol. The molecule has 0 saturated carbocycles. The Labute approximate surface area is 391 Å². The zero-order valence-electron chi connectivity index (χ0n) is 39.1. The number of nitrogens with zero attached hydrogens (tertiary/aromatic N) is 3. The van der Waals surface area contributed by atoms with Crippen molar-refractivity contribution < 1.29 is 43.5 Å². The molecule has 24 heteroatoms. The van der Waals surface area contributed by atoms with Gasteiger partial charge in [-0.2, -0.15) is 0 Å². The summed E-state index contributed by atoms with van der Waals surface area (Å²) in [7, 11) is 0. The number of aromatic hydroxyl groups is 1. The topological polar surface area (TPSA) is 413 Å². The third-order valence-corrected chi connectivity index (χ3v) is 10.8. The largest absolute Gasteiger partial charge is 0.508 e. The zero-order chi connectivity index (χ0) is 50.2. The second-order valence-corrected chi connectivity index (χ2v) is 16.9. The van der Waals surface area contributed by atoms with Crippen LogP contribution in [0.25, 0.3) is 0 Å². The Morgan fingerprint density at radius 3 is 1.70 bits per heavy atom. The molecule has 0 spiro atoms. The number of likely N-dealkylation sites (tertiary alicyclic amines) is 1. The number of aliphatic imine (C=N–C) groups is 2. The number of nitrogens with one attached hydrogen (secondary N) is 6. The number of benzene rings is 1. The van der Waals surface area contributed by atoms with Crippen LogP contribution in [0, 0.1) is 5.92 Å². The number of phenolic OH excluding ortho intramolecular Hbond substituents is 1. The smallest absolute Gasteiger partial charge is 0.245 e. The lowest BCUT2D eigenvalue weighted by atomic mass is 10.0. The van der Waals surface area contributed by atoms with E-state index in [0.29, 0.717) is 31.2 Å². The van der Waals surface area contributed by atoms with Gasteiger partial charge in [-0.05, 0) is 81.4 Å². The van der Waals surface area contributed by atoms with E-state index in [9.17, 15) is 43.5 Å². The number of hydrogen-bond donors (Lipinski definition) is 13. The molecule has 2 rings (SSSR count). The van der Waals surface area contributed by atoms with Crippen LogP contribution >= 0.6 is 0 Å². The van der Waals surface area contributed by atoms with Crippen LogP contribution in [-0.4, -0.2) is 138 Å². The number of nitrogens with two attached hydrogens (primary N) is 6. The Bertz CT molecular complexity index is 1890. The van der Waals surface area contributed by atoms with Gasteiger partial charge < -0.3 is 76.3 Å². The van der Waals surface area contributed by atoms with Crippen LogP contribution in [-0.2, 0) is 44.8 Å². The highest BCUT2D eigenvalue weighted by molar-refractivity contribution is 5.97. The first-order chi connectivity index (χ1) is 31.7. The quantitative estimate of drug-likeness (QED) is 0.0212. The van der Waals surface area contributed by atoms with Gasteiger partial charge in [-0.1, -0.05) is 39.3 Å². The number of carbonyl (C=O) groups is 8. The van der Waals surface area contributed by atoms with E-state index in [1.54, 1.807) is 6.92 Å². The number of carbonyl (C=O) groups excluding carboxylic acids is 8. The van der Waals surface area contributed by atoms with Crippen molar-refractivity contribution in [2.24, 2.45) is 50.3 Å². The fourth-order valence-corrected chi connectivity index (χ4v) is 7.29. The minimum Gasteiger partial charge on any atom is -0.508 e. The molecule has 0 aliphatic carbocycles. The van der Waals surface area contributed by atoms with Gasteiger partial charge in [0, 0.05) is 39.5 Å². The van der Waals surface area contributed by atoms with E-state index in [4.69, 9.17) is 34.4 Å². The van der Waals surface area contributed by atoms with Gasteiger partial charge in [0.25, 0.3) is 0 Å². The van der Waals surface area contributed by atoms with Crippen molar-refractivity contribution in [3.05, 3.63) is 29.8 Å². The Morgan fingerprint density at radius 2 is 1.18 bits per heavy atom. The molecule has 0 radical (unpaired) electrons. The molecule has 24 nitrogen and oxygen atoms in total. The third kappa shape index (κ3) is 20.6. The summed E-state index contributed by atoms with van der Waals surface area (Å²) >= 11 is 0. The molecule has 0 bridgehead atoms. The molecule has 1 heterocycles. The van der Waals surface area contributed by atoms with Crippen LogP contribution < -0.4 is 66.3 Å². The average Bonchev–Trinajstić information content (AvgIpc) is 3.76. The first kappa shape index (κ1) is 56.4. The van der Waals surface area contributed by atoms with Gasteiger partial charge in [0.2, 0.25) is 47.3 Å². The summed E-state index contributed by atoms with van der Waals surface area (Å²) in [6.07, 6.45) is 2.71. The van der Waals surface area contributed by atoms with E-state index in [2.05, 4.69) is 41.9 Å². The van der Waals surface area contributed by atoms with Gasteiger partial charge in [-0.15, -0.1) is 0 Å². The molecule has 1 fully saturated rings. The van der Waals surface area contributed by atoms with E-state index in [1.807, 2.05) is 13.8 Å². The Kier molecular flexibility index (Phi) is 24.4. The second-order valence-electron chi connectivity index (χ2n) is 16.9. The van der Waals surface area contributed by atoms with Crippen molar-refractivity contribution in [3.63, 3.8) is 0 Å². The maximum Gasteiger partial charge on any atom is 0.245 e. The minimum absolute atomic E-state index is 0.0112.